The minimum absolute atomic E-state index is 0.204. The van der Waals surface area contributed by atoms with Crippen molar-refractivity contribution in [1.29, 1.82) is 0 Å². The fraction of sp³-hybridized carbons (Fsp3) is 0.500. The smallest absolute Gasteiger partial charge is 0.287 e. The Labute approximate surface area is 103 Å². The Kier molecular flexibility index (Phi) is 4.98. The molecule has 1 heterocycles. The van der Waals surface area contributed by atoms with Crippen molar-refractivity contribution in [3.05, 3.63) is 22.6 Å². The zero-order valence-electron chi connectivity index (χ0n) is 9.24. The van der Waals surface area contributed by atoms with Gasteiger partial charge in [-0.05, 0) is 42.2 Å². The molecule has 0 spiro atoms. The molecule has 1 aromatic rings. The third-order valence-electron chi connectivity index (χ3n) is 1.87. The van der Waals surface area contributed by atoms with Gasteiger partial charge in [-0.15, -0.1) is 0 Å². The molecule has 1 rings (SSSR count). The lowest BCUT2D eigenvalue weighted by Gasteiger charge is -2.15. The lowest BCUT2D eigenvalue weighted by Crippen LogP contribution is -2.37. The number of aliphatic hydroxyl groups is 1. The Morgan fingerprint density at radius 2 is 2.31 bits per heavy atom. The number of amides is 1. The summed E-state index contributed by atoms with van der Waals surface area (Å²) in [6, 6.07) is 3.21. The Morgan fingerprint density at radius 1 is 1.62 bits per heavy atom. The van der Waals surface area contributed by atoms with Crippen LogP contribution in [0.4, 0.5) is 0 Å². The van der Waals surface area contributed by atoms with E-state index in [2.05, 4.69) is 21.2 Å². The van der Waals surface area contributed by atoms with Crippen LogP contribution in [0.1, 0.15) is 10.6 Å². The van der Waals surface area contributed by atoms with Crippen LogP contribution in [0.25, 0.3) is 0 Å². The average Bonchev–Trinajstić information content (AvgIpc) is 2.60. The molecule has 1 aromatic heterocycles. The minimum atomic E-state index is -0.586. The normalized spacial score (nSPS) is 12.8. The number of likely N-dealkylation sites (N-methyl/N-ethyl adjacent to an activating group) is 1. The van der Waals surface area contributed by atoms with Gasteiger partial charge in [-0.3, -0.25) is 4.79 Å². The summed E-state index contributed by atoms with van der Waals surface area (Å²) >= 11 is 3.11. The monoisotopic (exact) mass is 290 g/mol. The molecule has 0 aliphatic heterocycles. The molecule has 0 saturated heterocycles. The van der Waals surface area contributed by atoms with E-state index in [1.54, 1.807) is 12.1 Å². The summed E-state index contributed by atoms with van der Waals surface area (Å²) in [6.07, 6.45) is -0.586. The van der Waals surface area contributed by atoms with Gasteiger partial charge in [0.15, 0.2) is 10.4 Å². The third-order valence-corrected chi connectivity index (χ3v) is 2.30. The molecule has 16 heavy (non-hydrogen) atoms. The molecule has 0 radical (unpaired) electrons. The van der Waals surface area contributed by atoms with Gasteiger partial charge in [-0.1, -0.05) is 0 Å². The second-order valence-electron chi connectivity index (χ2n) is 3.73. The van der Waals surface area contributed by atoms with E-state index in [1.807, 2.05) is 19.0 Å². The predicted octanol–water partition coefficient (Wildman–Crippen LogP) is 0.694. The van der Waals surface area contributed by atoms with E-state index in [4.69, 9.17) is 4.42 Å². The highest BCUT2D eigenvalue weighted by atomic mass is 79.9. The first-order valence-electron chi connectivity index (χ1n) is 4.85. The molecule has 0 aromatic carbocycles. The first-order valence-corrected chi connectivity index (χ1v) is 5.64. The number of aliphatic hydroxyl groups excluding tert-OH is 1. The summed E-state index contributed by atoms with van der Waals surface area (Å²) in [7, 11) is 3.71. The number of nitrogens with one attached hydrogen (secondary N) is 1. The van der Waals surface area contributed by atoms with Crippen molar-refractivity contribution in [3.63, 3.8) is 0 Å². The van der Waals surface area contributed by atoms with Crippen molar-refractivity contribution < 1.29 is 14.3 Å². The number of nitrogens with zero attached hydrogens (tertiary/aromatic N) is 1. The van der Waals surface area contributed by atoms with Gasteiger partial charge in [0.1, 0.15) is 0 Å². The number of rotatable bonds is 5. The molecule has 2 N–H and O–H groups in total. The number of hydrogen-bond acceptors (Lipinski definition) is 4. The molecule has 0 fully saturated rings. The van der Waals surface area contributed by atoms with Gasteiger partial charge < -0.3 is 19.7 Å². The van der Waals surface area contributed by atoms with E-state index in [9.17, 15) is 9.90 Å². The van der Waals surface area contributed by atoms with Crippen molar-refractivity contribution in [3.8, 4) is 0 Å². The molecular formula is C10H15BrN2O3. The molecule has 0 bridgehead atoms. The highest BCUT2D eigenvalue weighted by Crippen LogP contribution is 2.13. The molecule has 1 unspecified atom stereocenters. The van der Waals surface area contributed by atoms with Crippen molar-refractivity contribution in [2.45, 2.75) is 6.10 Å². The first kappa shape index (κ1) is 13.2. The maximum absolute atomic E-state index is 11.5. The summed E-state index contributed by atoms with van der Waals surface area (Å²) in [5.41, 5.74) is 0. The van der Waals surface area contributed by atoms with E-state index < -0.39 is 6.10 Å². The highest BCUT2D eigenvalue weighted by molar-refractivity contribution is 9.10. The van der Waals surface area contributed by atoms with E-state index in [1.165, 1.54) is 0 Å². The predicted molar refractivity (Wildman–Crippen MR) is 63.3 cm³/mol. The summed E-state index contributed by atoms with van der Waals surface area (Å²) in [6.45, 7) is 0.706. The van der Waals surface area contributed by atoms with Crippen LogP contribution in [0.3, 0.4) is 0 Å². The van der Waals surface area contributed by atoms with Gasteiger partial charge in [0.25, 0.3) is 5.91 Å². The maximum Gasteiger partial charge on any atom is 0.287 e. The SMILES string of the molecule is CN(C)CC(O)CNC(=O)c1ccc(Br)o1. The van der Waals surface area contributed by atoms with Crippen LogP contribution in [-0.2, 0) is 0 Å². The highest BCUT2D eigenvalue weighted by Gasteiger charge is 2.12. The molecule has 90 valence electrons. The quantitative estimate of drug-likeness (QED) is 0.838. The topological polar surface area (TPSA) is 65.7 Å². The molecule has 0 aliphatic rings. The second-order valence-corrected chi connectivity index (χ2v) is 4.51. The molecule has 1 atom stereocenters. The van der Waals surface area contributed by atoms with Gasteiger partial charge in [-0.25, -0.2) is 0 Å². The maximum atomic E-state index is 11.5. The molecule has 1 amide bonds. The molecule has 5 nitrogen and oxygen atoms in total. The number of hydrogen-bond donors (Lipinski definition) is 2. The summed E-state index contributed by atoms with van der Waals surface area (Å²) < 4.78 is 5.58. The summed E-state index contributed by atoms with van der Waals surface area (Å²) in [5.74, 6) is -0.104. The second kappa shape index (κ2) is 6.03. The van der Waals surface area contributed by atoms with Gasteiger partial charge in [0.2, 0.25) is 0 Å². The zero-order valence-corrected chi connectivity index (χ0v) is 10.8. The molecule has 6 heteroatoms. The van der Waals surface area contributed by atoms with Crippen molar-refractivity contribution in [2.24, 2.45) is 0 Å². The van der Waals surface area contributed by atoms with Gasteiger partial charge in [0.05, 0.1) is 6.10 Å². The zero-order chi connectivity index (χ0) is 12.1. The fourth-order valence-corrected chi connectivity index (χ4v) is 1.53. The van der Waals surface area contributed by atoms with Gasteiger partial charge in [0, 0.05) is 13.1 Å². The van der Waals surface area contributed by atoms with E-state index in [0.717, 1.165) is 0 Å². The van der Waals surface area contributed by atoms with Crippen molar-refractivity contribution in [1.82, 2.24) is 10.2 Å². The third kappa shape index (κ3) is 4.34. The number of halogens is 1. The first-order chi connectivity index (χ1) is 7.49. The molecular weight excluding hydrogens is 276 g/mol. The molecule has 0 saturated carbocycles. The van der Waals surface area contributed by atoms with E-state index in [-0.39, 0.29) is 18.2 Å². The summed E-state index contributed by atoms with van der Waals surface area (Å²) in [4.78, 5) is 13.3. The van der Waals surface area contributed by atoms with Crippen molar-refractivity contribution >= 4 is 21.8 Å². The lowest BCUT2D eigenvalue weighted by molar-refractivity contribution is 0.0865. The van der Waals surface area contributed by atoms with Crippen LogP contribution in [-0.4, -0.2) is 49.2 Å². The Bertz CT molecular complexity index is 352. The largest absolute Gasteiger partial charge is 0.444 e. The average molecular weight is 291 g/mol. The lowest BCUT2D eigenvalue weighted by atomic mass is 10.3. The standard InChI is InChI=1S/C10H15BrN2O3/c1-13(2)6-7(14)5-12-10(15)8-3-4-9(11)16-8/h3-4,7,14H,5-6H2,1-2H3,(H,12,15). The van der Waals surface area contributed by atoms with Crippen LogP contribution >= 0.6 is 15.9 Å². The van der Waals surface area contributed by atoms with Crippen LogP contribution in [0.5, 0.6) is 0 Å². The number of carbonyl (C=O) groups is 1. The summed E-state index contributed by atoms with van der Waals surface area (Å²) in [5, 5.41) is 12.1. The Balaban J connectivity index is 2.35. The van der Waals surface area contributed by atoms with Crippen LogP contribution in [0.15, 0.2) is 21.2 Å². The van der Waals surface area contributed by atoms with Gasteiger partial charge in [-0.2, -0.15) is 0 Å². The Hall–Kier alpha value is -0.850. The van der Waals surface area contributed by atoms with Crippen molar-refractivity contribution in [2.75, 3.05) is 27.2 Å². The minimum Gasteiger partial charge on any atom is -0.444 e. The molecule has 0 aliphatic carbocycles. The van der Waals surface area contributed by atoms with E-state index in [0.29, 0.717) is 11.2 Å². The van der Waals surface area contributed by atoms with Crippen LogP contribution in [0, 0.1) is 0 Å². The van der Waals surface area contributed by atoms with Gasteiger partial charge >= 0.3 is 0 Å². The Morgan fingerprint density at radius 3 is 2.81 bits per heavy atom. The van der Waals surface area contributed by atoms with Crippen LogP contribution < -0.4 is 5.32 Å². The van der Waals surface area contributed by atoms with E-state index >= 15 is 0 Å². The number of furan rings is 1. The number of carbonyl (C=O) groups excluding carboxylic acids is 1. The fourth-order valence-electron chi connectivity index (χ4n) is 1.22. The van der Waals surface area contributed by atoms with Crippen LogP contribution in [0.2, 0.25) is 0 Å².